The molecule has 2 heterocycles. The molecule has 6 heteroatoms. The van der Waals surface area contributed by atoms with E-state index < -0.39 is 0 Å². The van der Waals surface area contributed by atoms with Gasteiger partial charge in [-0.3, -0.25) is 4.90 Å². The van der Waals surface area contributed by atoms with Crippen molar-refractivity contribution in [3.63, 3.8) is 0 Å². The Morgan fingerprint density at radius 3 is 2.19 bits per heavy atom. The van der Waals surface area contributed by atoms with Crippen molar-refractivity contribution in [1.29, 1.82) is 0 Å². The molecule has 0 spiro atoms. The molecule has 1 aromatic heterocycles. The third-order valence-corrected chi connectivity index (χ3v) is 8.18. The monoisotopic (exact) mass is 533 g/mol. The molecule has 200 valence electrons. The number of pyridine rings is 1. The number of piperazine rings is 1. The second-order valence-electron chi connectivity index (χ2n) is 12.7. The lowest BCUT2D eigenvalue weighted by molar-refractivity contribution is 0.0970. The zero-order chi connectivity index (χ0) is 23.9. The van der Waals surface area contributed by atoms with Gasteiger partial charge < -0.3 is 9.64 Å². The Bertz CT molecular complexity index is 997. The van der Waals surface area contributed by atoms with Gasteiger partial charge in [-0.15, -0.1) is 24.8 Å². The quantitative estimate of drug-likeness (QED) is 0.385. The van der Waals surface area contributed by atoms with Crippen LogP contribution in [0.3, 0.4) is 0 Å². The lowest BCUT2D eigenvalue weighted by Gasteiger charge is -2.46. The highest BCUT2D eigenvalue weighted by atomic mass is 35.5. The SMILES string of the molecule is COc1cccc(-c2ccc(N3CCN(CC4CC4)CC3)c(C3CC(C)(C)CC(C)(C)C3)c2)n1.Cl.Cl. The zero-order valence-electron chi connectivity index (χ0n) is 22.8. The summed E-state index contributed by atoms with van der Waals surface area (Å²) < 4.78 is 5.41. The van der Waals surface area contributed by atoms with Crippen LogP contribution in [0.5, 0.6) is 5.88 Å². The molecular weight excluding hydrogens is 489 g/mol. The summed E-state index contributed by atoms with van der Waals surface area (Å²) in [5, 5.41) is 0. The van der Waals surface area contributed by atoms with Crippen LogP contribution in [-0.4, -0.2) is 49.7 Å². The molecule has 2 aliphatic carbocycles. The van der Waals surface area contributed by atoms with Gasteiger partial charge in [0.1, 0.15) is 0 Å². The van der Waals surface area contributed by atoms with Crippen LogP contribution < -0.4 is 9.64 Å². The highest BCUT2D eigenvalue weighted by molar-refractivity contribution is 5.85. The van der Waals surface area contributed by atoms with Crippen LogP contribution in [0.2, 0.25) is 0 Å². The summed E-state index contributed by atoms with van der Waals surface area (Å²) in [5.41, 5.74) is 5.89. The van der Waals surface area contributed by atoms with Crippen LogP contribution in [0.4, 0.5) is 5.69 Å². The summed E-state index contributed by atoms with van der Waals surface area (Å²) in [5.74, 6) is 2.22. The maximum absolute atomic E-state index is 5.41. The van der Waals surface area contributed by atoms with Gasteiger partial charge >= 0.3 is 0 Å². The van der Waals surface area contributed by atoms with Crippen molar-refractivity contribution in [2.75, 3.05) is 44.7 Å². The first-order chi connectivity index (χ1) is 16.2. The van der Waals surface area contributed by atoms with E-state index in [1.165, 1.54) is 68.6 Å². The Kier molecular flexibility index (Phi) is 9.28. The van der Waals surface area contributed by atoms with Crippen LogP contribution in [-0.2, 0) is 0 Å². The van der Waals surface area contributed by atoms with Gasteiger partial charge in [-0.25, -0.2) is 4.98 Å². The molecule has 3 fully saturated rings. The number of hydrogen-bond acceptors (Lipinski definition) is 4. The summed E-state index contributed by atoms with van der Waals surface area (Å²) in [4.78, 5) is 10.1. The Labute approximate surface area is 231 Å². The van der Waals surface area contributed by atoms with Crippen LogP contribution in [0.15, 0.2) is 36.4 Å². The van der Waals surface area contributed by atoms with E-state index in [0.29, 0.717) is 22.6 Å². The molecule has 5 rings (SSSR count). The first-order valence-electron chi connectivity index (χ1n) is 13.3. The van der Waals surface area contributed by atoms with E-state index in [-0.39, 0.29) is 24.8 Å². The second-order valence-corrected chi connectivity index (χ2v) is 12.7. The standard InChI is InChI=1S/C30H43N3O.2ClH/c1-29(2)18-24(19-30(3,4)21-29)25-17-23(26-7-6-8-28(31-26)34-5)11-12-27(25)33-15-13-32(14-16-33)20-22-9-10-22;;/h6-8,11-12,17,22,24H,9-10,13-16,18-21H2,1-5H3;2*1H. The van der Waals surface area contributed by atoms with Gasteiger partial charge in [0.25, 0.3) is 0 Å². The molecule has 0 atom stereocenters. The van der Waals surface area contributed by atoms with E-state index in [1.54, 1.807) is 7.11 Å². The van der Waals surface area contributed by atoms with Crippen LogP contribution >= 0.6 is 24.8 Å². The fraction of sp³-hybridized carbons (Fsp3) is 0.633. The van der Waals surface area contributed by atoms with Gasteiger partial charge in [-0.1, -0.05) is 39.8 Å². The number of benzene rings is 1. The lowest BCUT2D eigenvalue weighted by Crippen LogP contribution is -2.47. The van der Waals surface area contributed by atoms with Crippen molar-refractivity contribution < 1.29 is 4.74 Å². The number of rotatable bonds is 6. The van der Waals surface area contributed by atoms with Crippen molar-refractivity contribution in [1.82, 2.24) is 9.88 Å². The van der Waals surface area contributed by atoms with E-state index in [0.717, 1.165) is 24.7 Å². The van der Waals surface area contributed by atoms with Gasteiger partial charge in [0.2, 0.25) is 5.88 Å². The van der Waals surface area contributed by atoms with E-state index in [9.17, 15) is 0 Å². The summed E-state index contributed by atoms with van der Waals surface area (Å²) in [7, 11) is 1.69. The highest BCUT2D eigenvalue weighted by Crippen LogP contribution is 2.53. The van der Waals surface area contributed by atoms with Gasteiger partial charge in [0.05, 0.1) is 12.8 Å². The van der Waals surface area contributed by atoms with E-state index in [4.69, 9.17) is 9.72 Å². The predicted octanol–water partition coefficient (Wildman–Crippen LogP) is 7.45. The third kappa shape index (κ3) is 6.88. The first kappa shape index (κ1) is 29.1. The van der Waals surface area contributed by atoms with E-state index >= 15 is 0 Å². The molecule has 0 N–H and O–H groups in total. The van der Waals surface area contributed by atoms with Gasteiger partial charge in [0.15, 0.2) is 0 Å². The summed E-state index contributed by atoms with van der Waals surface area (Å²) in [6.07, 6.45) is 6.68. The number of aromatic nitrogens is 1. The van der Waals surface area contributed by atoms with Crippen LogP contribution in [0, 0.1) is 16.7 Å². The number of nitrogens with zero attached hydrogens (tertiary/aromatic N) is 3. The minimum absolute atomic E-state index is 0. The lowest BCUT2D eigenvalue weighted by atomic mass is 9.60. The average Bonchev–Trinajstić information content (AvgIpc) is 3.61. The topological polar surface area (TPSA) is 28.6 Å². The van der Waals surface area contributed by atoms with Gasteiger partial charge in [0, 0.05) is 50.0 Å². The average molecular weight is 535 g/mol. The number of methoxy groups -OCH3 is 1. The summed E-state index contributed by atoms with van der Waals surface area (Å²) >= 11 is 0. The molecule has 0 unspecified atom stereocenters. The molecule has 0 radical (unpaired) electrons. The third-order valence-electron chi connectivity index (χ3n) is 8.18. The number of halogens is 2. The van der Waals surface area contributed by atoms with Gasteiger partial charge in [-0.05, 0) is 78.5 Å². The summed E-state index contributed by atoms with van der Waals surface area (Å²) in [6, 6.07) is 13.2. The molecule has 2 aromatic rings. The number of hydrogen-bond donors (Lipinski definition) is 0. The van der Waals surface area contributed by atoms with Crippen molar-refractivity contribution in [3.8, 4) is 17.1 Å². The number of ether oxygens (including phenoxy) is 1. The molecule has 0 amide bonds. The fourth-order valence-corrected chi connectivity index (χ4v) is 6.92. The molecule has 1 aromatic carbocycles. The Balaban J connectivity index is 0.00000180. The minimum Gasteiger partial charge on any atom is -0.481 e. The largest absolute Gasteiger partial charge is 0.481 e. The molecule has 36 heavy (non-hydrogen) atoms. The predicted molar refractivity (Wildman–Crippen MR) is 156 cm³/mol. The first-order valence-corrected chi connectivity index (χ1v) is 13.3. The van der Waals surface area contributed by atoms with E-state index in [1.807, 2.05) is 12.1 Å². The Morgan fingerprint density at radius 2 is 1.58 bits per heavy atom. The smallest absolute Gasteiger partial charge is 0.213 e. The van der Waals surface area contributed by atoms with Crippen molar-refractivity contribution in [3.05, 3.63) is 42.0 Å². The van der Waals surface area contributed by atoms with Crippen LogP contribution in [0.25, 0.3) is 11.3 Å². The Morgan fingerprint density at radius 1 is 0.917 bits per heavy atom. The van der Waals surface area contributed by atoms with Crippen LogP contribution in [0.1, 0.15) is 71.3 Å². The van der Waals surface area contributed by atoms with Crippen molar-refractivity contribution >= 4 is 30.5 Å². The normalized spacial score (nSPS) is 21.9. The summed E-state index contributed by atoms with van der Waals surface area (Å²) in [6.45, 7) is 15.8. The molecule has 3 aliphatic rings. The van der Waals surface area contributed by atoms with Crippen molar-refractivity contribution in [2.24, 2.45) is 16.7 Å². The molecular formula is C30H45Cl2N3O. The Hall–Kier alpha value is -1.49. The maximum atomic E-state index is 5.41. The molecule has 0 bridgehead atoms. The molecule has 2 saturated carbocycles. The fourth-order valence-electron chi connectivity index (χ4n) is 6.92. The molecule has 4 nitrogen and oxygen atoms in total. The van der Waals surface area contributed by atoms with Crippen molar-refractivity contribution in [2.45, 2.75) is 65.7 Å². The number of anilines is 1. The van der Waals surface area contributed by atoms with Gasteiger partial charge in [-0.2, -0.15) is 0 Å². The maximum Gasteiger partial charge on any atom is 0.213 e. The molecule has 1 saturated heterocycles. The van der Waals surface area contributed by atoms with E-state index in [2.05, 4.69) is 61.8 Å². The molecule has 1 aliphatic heterocycles. The highest BCUT2D eigenvalue weighted by Gasteiger charge is 2.40. The zero-order valence-corrected chi connectivity index (χ0v) is 24.4. The second kappa shape index (κ2) is 11.5. The minimum atomic E-state index is 0.